The summed E-state index contributed by atoms with van der Waals surface area (Å²) in [5.41, 5.74) is 1.64. The lowest BCUT2D eigenvalue weighted by Crippen LogP contribution is -1.99. The van der Waals surface area contributed by atoms with Gasteiger partial charge in [0.05, 0.1) is 0 Å². The highest BCUT2D eigenvalue weighted by Crippen LogP contribution is 2.29. The second-order valence-corrected chi connectivity index (χ2v) is 4.18. The summed E-state index contributed by atoms with van der Waals surface area (Å²) in [5, 5.41) is 2.74. The maximum absolute atomic E-state index is 11.9. The summed E-state index contributed by atoms with van der Waals surface area (Å²) in [7, 11) is 0. The minimum atomic E-state index is -0.347. The van der Waals surface area contributed by atoms with Crippen LogP contribution in [0.2, 0.25) is 0 Å². The molecule has 18 heavy (non-hydrogen) atoms. The molecule has 0 aliphatic carbocycles. The largest absolute Gasteiger partial charge is 0.421 e. The average molecular weight is 236 g/mol. The zero-order valence-corrected chi connectivity index (χ0v) is 9.31. The van der Waals surface area contributed by atoms with E-state index in [1.165, 1.54) is 0 Å². The number of fused-ring (bicyclic) bond motifs is 5. The summed E-state index contributed by atoms with van der Waals surface area (Å²) in [6.45, 7) is 0. The minimum Gasteiger partial charge on any atom is -0.421 e. The third-order valence-corrected chi connectivity index (χ3v) is 3.16. The molecule has 3 heterocycles. The van der Waals surface area contributed by atoms with E-state index in [0.717, 1.165) is 21.7 Å². The molecular formula is C14H8N2O2. The summed E-state index contributed by atoms with van der Waals surface area (Å²) in [6.07, 6.45) is 3.34. The Morgan fingerprint density at radius 1 is 1.11 bits per heavy atom. The van der Waals surface area contributed by atoms with E-state index >= 15 is 0 Å². The number of para-hydroxylation sites is 1. The highest BCUT2D eigenvalue weighted by atomic mass is 16.4. The van der Waals surface area contributed by atoms with E-state index in [0.29, 0.717) is 11.1 Å². The van der Waals surface area contributed by atoms with Crippen molar-refractivity contribution in [2.24, 2.45) is 0 Å². The molecular weight excluding hydrogens is 228 g/mol. The van der Waals surface area contributed by atoms with Crippen LogP contribution in [0.5, 0.6) is 0 Å². The first-order valence-corrected chi connectivity index (χ1v) is 5.62. The Morgan fingerprint density at radius 2 is 2.00 bits per heavy atom. The summed E-state index contributed by atoms with van der Waals surface area (Å²) in [4.78, 5) is 19.2. The van der Waals surface area contributed by atoms with Gasteiger partial charge in [0.2, 0.25) is 0 Å². The quantitative estimate of drug-likeness (QED) is 0.510. The first-order valence-electron chi connectivity index (χ1n) is 5.62. The Balaban J connectivity index is 2.45. The van der Waals surface area contributed by atoms with E-state index < -0.39 is 0 Å². The van der Waals surface area contributed by atoms with E-state index in [9.17, 15) is 4.79 Å². The molecule has 1 aromatic carbocycles. The molecule has 86 valence electrons. The molecule has 0 saturated heterocycles. The van der Waals surface area contributed by atoms with Crippen LogP contribution in [0.4, 0.5) is 0 Å². The van der Waals surface area contributed by atoms with Crippen molar-refractivity contribution >= 4 is 32.8 Å². The van der Waals surface area contributed by atoms with Gasteiger partial charge in [0, 0.05) is 34.1 Å². The van der Waals surface area contributed by atoms with Gasteiger partial charge >= 0.3 is 5.63 Å². The van der Waals surface area contributed by atoms with Crippen LogP contribution in [-0.2, 0) is 0 Å². The van der Waals surface area contributed by atoms with Crippen LogP contribution in [0.1, 0.15) is 0 Å². The number of pyridine rings is 1. The SMILES string of the molecule is O=c1oc2ccncc2c2c1[nH]c1ccccc12. The maximum atomic E-state index is 11.9. The van der Waals surface area contributed by atoms with Crippen molar-refractivity contribution in [1.29, 1.82) is 0 Å². The Kier molecular flexibility index (Phi) is 1.67. The predicted octanol–water partition coefficient (Wildman–Crippen LogP) is 2.82. The summed E-state index contributed by atoms with van der Waals surface area (Å²) in [5.74, 6) is 0. The van der Waals surface area contributed by atoms with Gasteiger partial charge in [0.25, 0.3) is 0 Å². The Hall–Kier alpha value is -2.62. The molecule has 0 aliphatic rings. The minimum absolute atomic E-state index is 0.347. The van der Waals surface area contributed by atoms with Crippen LogP contribution in [0.3, 0.4) is 0 Å². The molecule has 0 fully saturated rings. The number of hydrogen-bond acceptors (Lipinski definition) is 3. The van der Waals surface area contributed by atoms with E-state index in [1.54, 1.807) is 18.5 Å². The maximum Gasteiger partial charge on any atom is 0.360 e. The fourth-order valence-corrected chi connectivity index (χ4v) is 2.38. The third-order valence-electron chi connectivity index (χ3n) is 3.16. The van der Waals surface area contributed by atoms with E-state index in [2.05, 4.69) is 9.97 Å². The second-order valence-electron chi connectivity index (χ2n) is 4.18. The Bertz CT molecular complexity index is 950. The van der Waals surface area contributed by atoms with Gasteiger partial charge < -0.3 is 9.40 Å². The van der Waals surface area contributed by atoms with Crippen LogP contribution in [-0.4, -0.2) is 9.97 Å². The van der Waals surface area contributed by atoms with Crippen LogP contribution < -0.4 is 5.63 Å². The van der Waals surface area contributed by atoms with E-state index in [4.69, 9.17) is 4.42 Å². The Morgan fingerprint density at radius 3 is 2.94 bits per heavy atom. The van der Waals surface area contributed by atoms with Crippen molar-refractivity contribution < 1.29 is 4.42 Å². The van der Waals surface area contributed by atoms with Crippen LogP contribution in [0, 0.1) is 0 Å². The molecule has 4 heteroatoms. The number of aromatic nitrogens is 2. The second kappa shape index (κ2) is 3.20. The molecule has 0 radical (unpaired) electrons. The summed E-state index contributed by atoms with van der Waals surface area (Å²) < 4.78 is 5.28. The molecule has 3 aromatic heterocycles. The monoisotopic (exact) mass is 236 g/mol. The molecule has 4 nitrogen and oxygen atoms in total. The van der Waals surface area contributed by atoms with Gasteiger partial charge in [-0.2, -0.15) is 0 Å². The summed E-state index contributed by atoms with van der Waals surface area (Å²) in [6, 6.07) is 9.52. The number of benzene rings is 1. The highest BCUT2D eigenvalue weighted by Gasteiger charge is 2.12. The predicted molar refractivity (Wildman–Crippen MR) is 69.6 cm³/mol. The Labute approximate surface area is 101 Å². The van der Waals surface area contributed by atoms with Gasteiger partial charge in [-0.25, -0.2) is 4.79 Å². The van der Waals surface area contributed by atoms with Crippen molar-refractivity contribution in [2.75, 3.05) is 0 Å². The lowest BCUT2D eigenvalue weighted by molar-refractivity contribution is 0.568. The zero-order chi connectivity index (χ0) is 12.1. The first-order chi connectivity index (χ1) is 8.84. The van der Waals surface area contributed by atoms with Crippen molar-refractivity contribution in [3.05, 3.63) is 53.1 Å². The van der Waals surface area contributed by atoms with Gasteiger partial charge in [-0.1, -0.05) is 18.2 Å². The standard InChI is InChI=1S/C14H8N2O2/c17-14-13-12(8-3-1-2-4-10(8)16-13)9-7-15-6-5-11(9)18-14/h1-7,16H. The molecule has 0 atom stereocenters. The lowest BCUT2D eigenvalue weighted by atomic mass is 10.1. The topological polar surface area (TPSA) is 58.9 Å². The summed E-state index contributed by atoms with van der Waals surface area (Å²) >= 11 is 0. The highest BCUT2D eigenvalue weighted by molar-refractivity contribution is 6.18. The van der Waals surface area contributed by atoms with Gasteiger partial charge in [0.15, 0.2) is 0 Å². The third kappa shape index (κ3) is 1.09. The number of H-pyrrole nitrogens is 1. The number of rotatable bonds is 0. The molecule has 1 N–H and O–H groups in total. The van der Waals surface area contributed by atoms with Crippen molar-refractivity contribution in [2.45, 2.75) is 0 Å². The van der Waals surface area contributed by atoms with Crippen LogP contribution >= 0.6 is 0 Å². The van der Waals surface area contributed by atoms with Gasteiger partial charge in [-0.3, -0.25) is 4.98 Å². The van der Waals surface area contributed by atoms with Crippen molar-refractivity contribution in [1.82, 2.24) is 9.97 Å². The number of aromatic amines is 1. The van der Waals surface area contributed by atoms with Crippen LogP contribution in [0.15, 0.2) is 51.9 Å². The van der Waals surface area contributed by atoms with Crippen molar-refractivity contribution in [3.63, 3.8) is 0 Å². The molecule has 0 saturated carbocycles. The number of hydrogen-bond donors (Lipinski definition) is 1. The fraction of sp³-hybridized carbons (Fsp3) is 0. The lowest BCUT2D eigenvalue weighted by Gasteiger charge is -1.97. The molecule has 0 aliphatic heterocycles. The molecule has 0 bridgehead atoms. The number of nitrogens with zero attached hydrogens (tertiary/aromatic N) is 1. The van der Waals surface area contributed by atoms with Crippen molar-refractivity contribution in [3.8, 4) is 0 Å². The van der Waals surface area contributed by atoms with Gasteiger partial charge in [0.1, 0.15) is 11.1 Å². The fourth-order valence-electron chi connectivity index (χ4n) is 2.38. The normalized spacial score (nSPS) is 11.6. The smallest absolute Gasteiger partial charge is 0.360 e. The molecule has 0 spiro atoms. The number of nitrogens with one attached hydrogen (secondary N) is 1. The molecule has 4 rings (SSSR count). The first kappa shape index (κ1) is 9.41. The van der Waals surface area contributed by atoms with Crippen LogP contribution in [0.25, 0.3) is 32.8 Å². The van der Waals surface area contributed by atoms with Gasteiger partial charge in [-0.15, -0.1) is 0 Å². The molecule has 0 amide bonds. The van der Waals surface area contributed by atoms with E-state index in [-0.39, 0.29) is 5.63 Å². The average Bonchev–Trinajstić information content (AvgIpc) is 2.79. The molecule has 0 unspecified atom stereocenters. The molecule has 4 aromatic rings. The zero-order valence-electron chi connectivity index (χ0n) is 9.31. The van der Waals surface area contributed by atoms with E-state index in [1.807, 2.05) is 24.3 Å². The van der Waals surface area contributed by atoms with Gasteiger partial charge in [-0.05, 0) is 12.1 Å².